The highest BCUT2D eigenvalue weighted by molar-refractivity contribution is 6.20. The van der Waals surface area contributed by atoms with Crippen LogP contribution < -0.4 is 15.8 Å². The number of fused-ring (bicyclic) bond motifs is 1. The third kappa shape index (κ3) is 3.88. The van der Waals surface area contributed by atoms with Gasteiger partial charge in [0.1, 0.15) is 11.4 Å². The Hall–Kier alpha value is -4.06. The van der Waals surface area contributed by atoms with Crippen molar-refractivity contribution in [3.63, 3.8) is 0 Å². The van der Waals surface area contributed by atoms with Crippen molar-refractivity contribution in [2.45, 2.75) is 13.8 Å². The molecule has 0 saturated carbocycles. The highest BCUT2D eigenvalue weighted by Gasteiger charge is 2.26. The molecule has 6 nitrogen and oxygen atoms in total. The lowest BCUT2D eigenvalue weighted by molar-refractivity contribution is 0.102. The van der Waals surface area contributed by atoms with E-state index in [0.717, 1.165) is 5.56 Å². The molecule has 0 saturated heterocycles. The zero-order chi connectivity index (χ0) is 22.0. The number of pyridine rings is 1. The summed E-state index contributed by atoms with van der Waals surface area (Å²) in [5.74, 6) is 0.0548. The van der Waals surface area contributed by atoms with Gasteiger partial charge in [0.25, 0.3) is 5.91 Å². The third-order valence-corrected chi connectivity index (χ3v) is 5.03. The van der Waals surface area contributed by atoms with Gasteiger partial charge < -0.3 is 20.2 Å². The molecule has 4 aromatic rings. The van der Waals surface area contributed by atoms with Crippen LogP contribution >= 0.6 is 0 Å². The lowest BCUT2D eigenvalue weighted by Crippen LogP contribution is -2.14. The highest BCUT2D eigenvalue weighted by Crippen LogP contribution is 2.29. The van der Waals surface area contributed by atoms with E-state index in [-0.39, 0.29) is 28.6 Å². The molecule has 156 valence electrons. The third-order valence-electron chi connectivity index (χ3n) is 5.03. The van der Waals surface area contributed by atoms with Crippen LogP contribution in [0, 0.1) is 6.92 Å². The number of nitrogens with two attached hydrogens (primary N) is 1. The molecule has 0 unspecified atom stereocenters. The maximum Gasteiger partial charge on any atom is 0.259 e. The molecule has 2 heterocycles. The first-order valence-corrected chi connectivity index (χ1v) is 10.0. The van der Waals surface area contributed by atoms with Crippen LogP contribution in [0.15, 0.2) is 72.9 Å². The maximum atomic E-state index is 13.3. The summed E-state index contributed by atoms with van der Waals surface area (Å²) in [7, 11) is 0. The average molecular weight is 413 g/mol. The smallest absolute Gasteiger partial charge is 0.259 e. The van der Waals surface area contributed by atoms with Gasteiger partial charge in [-0.3, -0.25) is 9.59 Å². The number of aryl methyl sites for hydroxylation is 1. The lowest BCUT2D eigenvalue weighted by Gasteiger charge is -2.07. The lowest BCUT2D eigenvalue weighted by atomic mass is 10.1. The van der Waals surface area contributed by atoms with Gasteiger partial charge in [0.05, 0.1) is 23.4 Å². The Morgan fingerprint density at radius 2 is 1.81 bits per heavy atom. The number of benzene rings is 2. The fourth-order valence-corrected chi connectivity index (χ4v) is 3.62. The number of hydrogen-bond donors (Lipinski definition) is 2. The molecule has 0 bridgehead atoms. The molecule has 0 fully saturated rings. The molecule has 0 aliphatic rings. The monoisotopic (exact) mass is 413 g/mol. The largest absolute Gasteiger partial charge is 0.494 e. The molecule has 0 spiro atoms. The number of aromatic nitrogens is 1. The first-order chi connectivity index (χ1) is 15.0. The van der Waals surface area contributed by atoms with Crippen molar-refractivity contribution in [3.05, 3.63) is 95.3 Å². The van der Waals surface area contributed by atoms with Gasteiger partial charge >= 0.3 is 0 Å². The molecule has 0 atom stereocenters. The minimum atomic E-state index is -0.363. The van der Waals surface area contributed by atoms with Crippen molar-refractivity contribution in [1.82, 2.24) is 4.40 Å². The van der Waals surface area contributed by atoms with Crippen molar-refractivity contribution in [1.29, 1.82) is 0 Å². The molecule has 0 aliphatic heterocycles. The standard InChI is InChI=1S/C25H23N3O3/c1-3-31-19-12-10-17(11-13-19)24(29)23-22(26)21(20-9-4-5-14-28(20)23)25(30)27-18-8-6-7-16(2)15-18/h4-15H,3,26H2,1-2H3,(H,27,30). The summed E-state index contributed by atoms with van der Waals surface area (Å²) < 4.78 is 7.11. The number of carbonyl (C=O) groups is 2. The predicted octanol–water partition coefficient (Wildman–Crippen LogP) is 4.71. The summed E-state index contributed by atoms with van der Waals surface area (Å²) in [4.78, 5) is 26.4. The fraction of sp³-hybridized carbons (Fsp3) is 0.120. The zero-order valence-electron chi connectivity index (χ0n) is 17.4. The number of carbonyl (C=O) groups excluding carboxylic acids is 2. The van der Waals surface area contributed by atoms with Crippen LogP contribution in [0.1, 0.15) is 38.9 Å². The minimum absolute atomic E-state index is 0.148. The minimum Gasteiger partial charge on any atom is -0.494 e. The Labute approximate surface area is 180 Å². The predicted molar refractivity (Wildman–Crippen MR) is 122 cm³/mol. The Balaban J connectivity index is 1.76. The van der Waals surface area contributed by atoms with Gasteiger partial charge in [-0.25, -0.2) is 0 Å². The van der Waals surface area contributed by atoms with Crippen molar-refractivity contribution < 1.29 is 14.3 Å². The average Bonchev–Trinajstić information content (AvgIpc) is 3.06. The van der Waals surface area contributed by atoms with E-state index in [1.165, 1.54) is 0 Å². The summed E-state index contributed by atoms with van der Waals surface area (Å²) in [5, 5.41) is 2.89. The Bertz CT molecular complexity index is 1270. The van der Waals surface area contributed by atoms with E-state index in [1.807, 2.05) is 44.2 Å². The highest BCUT2D eigenvalue weighted by atomic mass is 16.5. The molecule has 6 heteroatoms. The molecule has 1 amide bonds. The number of ketones is 1. The number of ether oxygens (including phenoxy) is 1. The SMILES string of the molecule is CCOc1ccc(C(=O)c2c(N)c(C(=O)Nc3cccc(C)c3)c3ccccn23)cc1. The van der Waals surface area contributed by atoms with Crippen molar-refractivity contribution in [3.8, 4) is 5.75 Å². The molecule has 2 aromatic heterocycles. The van der Waals surface area contributed by atoms with Gasteiger partial charge in [-0.15, -0.1) is 0 Å². The summed E-state index contributed by atoms with van der Waals surface area (Å²) in [6.45, 7) is 4.39. The van der Waals surface area contributed by atoms with Gasteiger partial charge in [-0.05, 0) is 67.9 Å². The van der Waals surface area contributed by atoms with Crippen molar-refractivity contribution in [2.75, 3.05) is 17.7 Å². The van der Waals surface area contributed by atoms with Crippen LogP contribution in [0.4, 0.5) is 11.4 Å². The Kier molecular flexibility index (Phi) is 5.45. The van der Waals surface area contributed by atoms with Crippen LogP contribution in [-0.2, 0) is 0 Å². The van der Waals surface area contributed by atoms with Gasteiger partial charge in [0, 0.05) is 17.4 Å². The van der Waals surface area contributed by atoms with Crippen molar-refractivity contribution in [2.24, 2.45) is 0 Å². The zero-order valence-corrected chi connectivity index (χ0v) is 17.4. The number of nitrogen functional groups attached to an aromatic ring is 1. The Morgan fingerprint density at radius 3 is 2.52 bits per heavy atom. The summed E-state index contributed by atoms with van der Waals surface area (Å²) in [5.41, 5.74) is 9.79. The number of rotatable bonds is 6. The molecular formula is C25H23N3O3. The second-order valence-electron chi connectivity index (χ2n) is 7.20. The fourth-order valence-electron chi connectivity index (χ4n) is 3.62. The number of nitrogens with one attached hydrogen (secondary N) is 1. The number of nitrogens with zero attached hydrogens (tertiary/aromatic N) is 1. The first-order valence-electron chi connectivity index (χ1n) is 10.0. The van der Waals surface area contributed by atoms with Gasteiger partial charge in [-0.1, -0.05) is 18.2 Å². The van der Waals surface area contributed by atoms with Gasteiger partial charge in [0.15, 0.2) is 0 Å². The van der Waals surface area contributed by atoms with E-state index in [0.29, 0.717) is 29.1 Å². The number of amides is 1. The van der Waals surface area contributed by atoms with Gasteiger partial charge in [-0.2, -0.15) is 0 Å². The van der Waals surface area contributed by atoms with E-state index in [1.54, 1.807) is 47.0 Å². The molecule has 3 N–H and O–H groups in total. The topological polar surface area (TPSA) is 85.8 Å². The molecule has 0 aliphatic carbocycles. The molecule has 0 radical (unpaired) electrons. The normalized spacial score (nSPS) is 10.8. The second-order valence-corrected chi connectivity index (χ2v) is 7.20. The van der Waals surface area contributed by atoms with Gasteiger partial charge in [0.2, 0.25) is 5.78 Å². The van der Waals surface area contributed by atoms with Crippen LogP contribution in [-0.4, -0.2) is 22.7 Å². The molecule has 2 aromatic carbocycles. The van der Waals surface area contributed by atoms with E-state index in [4.69, 9.17) is 10.5 Å². The molecule has 4 rings (SSSR count). The van der Waals surface area contributed by atoms with Crippen LogP contribution in [0.5, 0.6) is 5.75 Å². The van der Waals surface area contributed by atoms with Crippen LogP contribution in [0.25, 0.3) is 5.52 Å². The van der Waals surface area contributed by atoms with E-state index < -0.39 is 0 Å². The second kappa shape index (κ2) is 8.36. The first kappa shape index (κ1) is 20.2. The van der Waals surface area contributed by atoms with E-state index in [9.17, 15) is 9.59 Å². The van der Waals surface area contributed by atoms with E-state index in [2.05, 4.69) is 5.32 Å². The van der Waals surface area contributed by atoms with E-state index >= 15 is 0 Å². The summed E-state index contributed by atoms with van der Waals surface area (Å²) >= 11 is 0. The van der Waals surface area contributed by atoms with Crippen LogP contribution in [0.3, 0.4) is 0 Å². The molecule has 31 heavy (non-hydrogen) atoms. The van der Waals surface area contributed by atoms with Crippen LogP contribution in [0.2, 0.25) is 0 Å². The summed E-state index contributed by atoms with van der Waals surface area (Å²) in [6, 6.07) is 19.8. The quantitative estimate of drug-likeness (QED) is 0.448. The van der Waals surface area contributed by atoms with Crippen molar-refractivity contribution >= 4 is 28.6 Å². The number of anilines is 2. The maximum absolute atomic E-state index is 13.3. The summed E-state index contributed by atoms with van der Waals surface area (Å²) in [6.07, 6.45) is 1.73. The number of hydrogen-bond acceptors (Lipinski definition) is 4. The molecular weight excluding hydrogens is 390 g/mol. The Morgan fingerprint density at radius 1 is 1.03 bits per heavy atom.